The monoisotopic (exact) mass is 332 g/mol. The molecule has 0 saturated heterocycles. The Bertz CT molecular complexity index is 349. The van der Waals surface area contributed by atoms with Crippen molar-refractivity contribution in [3.8, 4) is 0 Å². The number of hydrogen-bond acceptors (Lipinski definition) is 1. The van der Waals surface area contributed by atoms with E-state index in [1.165, 1.54) is 12.1 Å². The molecule has 0 spiro atoms. The Morgan fingerprint density at radius 3 is 2.21 bits per heavy atom. The average Bonchev–Trinajstić information content (AvgIpc) is 1.99. The van der Waals surface area contributed by atoms with Gasteiger partial charge in [0.2, 0.25) is 0 Å². The number of alkyl halides is 3. The Balaban J connectivity index is 3.40. The van der Waals surface area contributed by atoms with Crippen molar-refractivity contribution in [3.05, 3.63) is 32.2 Å². The number of benzene rings is 1. The molecule has 0 unspecified atom stereocenters. The van der Waals surface area contributed by atoms with Gasteiger partial charge in [-0.1, -0.05) is 31.9 Å². The molecule has 1 aromatic carbocycles. The van der Waals surface area contributed by atoms with Gasteiger partial charge >= 0.3 is 6.18 Å². The zero-order valence-corrected chi connectivity index (χ0v) is 9.87. The van der Waals surface area contributed by atoms with Crippen LogP contribution in [0.25, 0.3) is 0 Å². The predicted molar refractivity (Wildman–Crippen MR) is 52.8 cm³/mol. The van der Waals surface area contributed by atoms with Crippen LogP contribution in [0.1, 0.15) is 11.1 Å². The van der Waals surface area contributed by atoms with Crippen LogP contribution in [-0.2, 0) is 12.8 Å². The lowest BCUT2D eigenvalue weighted by atomic mass is 10.1. The van der Waals surface area contributed by atoms with Crippen LogP contribution in [0, 0.1) is 0 Å². The van der Waals surface area contributed by atoms with E-state index in [4.69, 9.17) is 5.11 Å². The third-order valence-electron chi connectivity index (χ3n) is 1.59. The molecule has 14 heavy (non-hydrogen) atoms. The van der Waals surface area contributed by atoms with Crippen LogP contribution in [0.2, 0.25) is 0 Å². The third kappa shape index (κ3) is 2.49. The summed E-state index contributed by atoms with van der Waals surface area (Å²) < 4.78 is 37.8. The molecule has 78 valence electrons. The Morgan fingerprint density at radius 2 is 1.79 bits per heavy atom. The molecule has 1 aromatic rings. The normalized spacial score (nSPS) is 11.9. The molecule has 0 fully saturated rings. The molecule has 0 aromatic heterocycles. The number of hydrogen-bond donors (Lipinski definition) is 1. The number of aliphatic hydroxyl groups is 1. The Morgan fingerprint density at radius 1 is 1.21 bits per heavy atom. The largest absolute Gasteiger partial charge is 0.417 e. The Labute approximate surface area is 95.2 Å². The Kier molecular flexibility index (Phi) is 3.60. The van der Waals surface area contributed by atoms with E-state index in [1.807, 2.05) is 0 Å². The highest BCUT2D eigenvalue weighted by atomic mass is 79.9. The summed E-state index contributed by atoms with van der Waals surface area (Å²) in [6.07, 6.45) is -4.46. The van der Waals surface area contributed by atoms with Crippen LogP contribution in [0.3, 0.4) is 0 Å². The first kappa shape index (κ1) is 12.0. The van der Waals surface area contributed by atoms with Crippen LogP contribution in [0.5, 0.6) is 0 Å². The van der Waals surface area contributed by atoms with Gasteiger partial charge in [0.25, 0.3) is 0 Å². The molecule has 0 aliphatic carbocycles. The van der Waals surface area contributed by atoms with Crippen molar-refractivity contribution < 1.29 is 18.3 Å². The highest BCUT2D eigenvalue weighted by Gasteiger charge is 2.35. The average molecular weight is 334 g/mol. The van der Waals surface area contributed by atoms with E-state index in [0.717, 1.165) is 0 Å². The quantitative estimate of drug-likeness (QED) is 0.830. The predicted octanol–water partition coefficient (Wildman–Crippen LogP) is 3.72. The summed E-state index contributed by atoms with van der Waals surface area (Å²) in [6, 6.07) is 2.54. The van der Waals surface area contributed by atoms with E-state index in [1.54, 1.807) is 0 Å². The number of aliphatic hydroxyl groups excluding tert-OH is 1. The van der Waals surface area contributed by atoms with E-state index in [-0.39, 0.29) is 10.0 Å². The fourth-order valence-electron chi connectivity index (χ4n) is 1.07. The minimum absolute atomic E-state index is 0.0802. The lowest BCUT2D eigenvalue weighted by molar-refractivity contribution is -0.139. The maximum atomic E-state index is 12.5. The van der Waals surface area contributed by atoms with Crippen molar-refractivity contribution in [1.82, 2.24) is 0 Å². The van der Waals surface area contributed by atoms with Gasteiger partial charge in [0.1, 0.15) is 0 Å². The molecule has 1 rings (SSSR count). The van der Waals surface area contributed by atoms with Gasteiger partial charge in [-0.2, -0.15) is 13.2 Å². The standard InChI is InChI=1S/C8H5Br2F3O/c9-5-1-4(3-14)7(6(10)2-5)8(11,12)13/h1-2,14H,3H2. The second-order valence-electron chi connectivity index (χ2n) is 2.58. The minimum Gasteiger partial charge on any atom is -0.392 e. The van der Waals surface area contributed by atoms with Gasteiger partial charge < -0.3 is 5.11 Å². The van der Waals surface area contributed by atoms with Crippen LogP contribution in [0.4, 0.5) is 13.2 Å². The third-order valence-corrected chi connectivity index (χ3v) is 2.67. The maximum Gasteiger partial charge on any atom is 0.417 e. The van der Waals surface area contributed by atoms with Crippen molar-refractivity contribution in [2.24, 2.45) is 0 Å². The first-order chi connectivity index (χ1) is 6.36. The minimum atomic E-state index is -4.46. The summed E-state index contributed by atoms with van der Waals surface area (Å²) in [7, 11) is 0. The molecule has 0 heterocycles. The molecule has 0 bridgehead atoms. The first-order valence-electron chi connectivity index (χ1n) is 3.52. The van der Waals surface area contributed by atoms with Gasteiger partial charge in [0.15, 0.2) is 0 Å². The van der Waals surface area contributed by atoms with Gasteiger partial charge in [0, 0.05) is 8.95 Å². The Hall–Kier alpha value is -0.0700. The molecule has 0 atom stereocenters. The van der Waals surface area contributed by atoms with Crippen LogP contribution >= 0.6 is 31.9 Å². The van der Waals surface area contributed by atoms with Crippen LogP contribution in [0.15, 0.2) is 21.1 Å². The molecule has 0 saturated carbocycles. The fraction of sp³-hybridized carbons (Fsp3) is 0.250. The van der Waals surface area contributed by atoms with E-state index in [9.17, 15) is 13.2 Å². The second kappa shape index (κ2) is 4.20. The van der Waals surface area contributed by atoms with Gasteiger partial charge in [-0.05, 0) is 17.7 Å². The maximum absolute atomic E-state index is 12.5. The van der Waals surface area contributed by atoms with Gasteiger partial charge in [0.05, 0.1) is 12.2 Å². The summed E-state index contributed by atoms with van der Waals surface area (Å²) in [5.74, 6) is 0. The van der Waals surface area contributed by atoms with Crippen molar-refractivity contribution in [3.63, 3.8) is 0 Å². The number of rotatable bonds is 1. The molecule has 0 aliphatic heterocycles. The molecule has 0 amide bonds. The molecule has 0 radical (unpaired) electrons. The zero-order valence-electron chi connectivity index (χ0n) is 6.70. The highest BCUT2D eigenvalue weighted by molar-refractivity contribution is 9.11. The SMILES string of the molecule is OCc1cc(Br)cc(Br)c1C(F)(F)F. The van der Waals surface area contributed by atoms with E-state index >= 15 is 0 Å². The number of halogens is 5. The van der Waals surface area contributed by atoms with Crippen molar-refractivity contribution in [2.75, 3.05) is 0 Å². The second-order valence-corrected chi connectivity index (χ2v) is 4.35. The molecular formula is C8H5Br2F3O. The fourth-order valence-corrected chi connectivity index (χ4v) is 2.61. The summed E-state index contributed by atoms with van der Waals surface area (Å²) in [6.45, 7) is -0.646. The molecular weight excluding hydrogens is 329 g/mol. The van der Waals surface area contributed by atoms with E-state index in [0.29, 0.717) is 4.47 Å². The highest BCUT2D eigenvalue weighted by Crippen LogP contribution is 2.38. The smallest absolute Gasteiger partial charge is 0.392 e. The zero-order chi connectivity index (χ0) is 10.9. The molecule has 0 aliphatic rings. The van der Waals surface area contributed by atoms with E-state index in [2.05, 4.69) is 31.9 Å². The summed E-state index contributed by atoms with van der Waals surface area (Å²) in [5.41, 5.74) is -0.984. The summed E-state index contributed by atoms with van der Waals surface area (Å²) in [5, 5.41) is 8.79. The summed E-state index contributed by atoms with van der Waals surface area (Å²) in [4.78, 5) is 0. The van der Waals surface area contributed by atoms with Crippen LogP contribution in [-0.4, -0.2) is 5.11 Å². The van der Waals surface area contributed by atoms with Gasteiger partial charge in [-0.25, -0.2) is 0 Å². The lowest BCUT2D eigenvalue weighted by Crippen LogP contribution is -2.10. The topological polar surface area (TPSA) is 20.2 Å². The van der Waals surface area contributed by atoms with Gasteiger partial charge in [-0.15, -0.1) is 0 Å². The van der Waals surface area contributed by atoms with Crippen molar-refractivity contribution >= 4 is 31.9 Å². The lowest BCUT2D eigenvalue weighted by Gasteiger charge is -2.13. The molecule has 1 N–H and O–H groups in total. The van der Waals surface area contributed by atoms with Gasteiger partial charge in [-0.3, -0.25) is 0 Å². The van der Waals surface area contributed by atoms with Crippen LogP contribution < -0.4 is 0 Å². The first-order valence-corrected chi connectivity index (χ1v) is 5.11. The van der Waals surface area contributed by atoms with E-state index < -0.39 is 18.3 Å². The summed E-state index contributed by atoms with van der Waals surface area (Å²) >= 11 is 5.86. The van der Waals surface area contributed by atoms with Crippen molar-refractivity contribution in [2.45, 2.75) is 12.8 Å². The molecule has 1 nitrogen and oxygen atoms in total. The molecule has 6 heteroatoms. The van der Waals surface area contributed by atoms with Crippen molar-refractivity contribution in [1.29, 1.82) is 0 Å².